The molecule has 2 rings (SSSR count). The van der Waals surface area contributed by atoms with E-state index in [1.54, 1.807) is 94.2 Å². The average Bonchev–Trinajstić information content (AvgIpc) is 2.87. The van der Waals surface area contributed by atoms with E-state index in [-0.39, 0.29) is 24.9 Å². The van der Waals surface area contributed by atoms with Gasteiger partial charge in [0.2, 0.25) is 0 Å². The van der Waals surface area contributed by atoms with Crippen LogP contribution in [0.4, 0.5) is 0 Å². The first-order chi connectivity index (χ1) is 20.4. The van der Waals surface area contributed by atoms with E-state index in [0.29, 0.717) is 6.42 Å². The highest BCUT2D eigenvalue weighted by atomic mass is 16.7. The van der Waals surface area contributed by atoms with E-state index in [0.717, 1.165) is 6.42 Å². The minimum Gasteiger partial charge on any atom is -0.462 e. The number of esters is 4. The molecule has 45 heavy (non-hydrogen) atoms. The second-order valence-electron chi connectivity index (χ2n) is 16.1. The number of carbonyl (C=O) groups excluding carboxylic acids is 5. The van der Waals surface area contributed by atoms with Gasteiger partial charge in [-0.25, -0.2) is 0 Å². The molecular formula is C34H55NO10. The van der Waals surface area contributed by atoms with Gasteiger partial charge in [-0.1, -0.05) is 13.3 Å². The molecule has 2 aliphatic heterocycles. The van der Waals surface area contributed by atoms with Gasteiger partial charge < -0.3 is 28.6 Å². The Morgan fingerprint density at radius 1 is 0.733 bits per heavy atom. The summed E-state index contributed by atoms with van der Waals surface area (Å²) in [5.41, 5.74) is -3.71. The van der Waals surface area contributed by atoms with Gasteiger partial charge in [0.1, 0.15) is 12.7 Å². The molecule has 0 N–H and O–H groups in total. The normalized spacial score (nSPS) is 26.2. The molecule has 0 saturated carbocycles. The Labute approximate surface area is 268 Å². The quantitative estimate of drug-likeness (QED) is 0.259. The molecule has 0 aromatic heterocycles. The lowest BCUT2D eigenvalue weighted by Gasteiger charge is -2.50. The summed E-state index contributed by atoms with van der Waals surface area (Å²) in [6.07, 6.45) is -1.57. The first-order valence-corrected chi connectivity index (χ1v) is 15.8. The number of ether oxygens (including phenoxy) is 5. The zero-order valence-corrected chi connectivity index (χ0v) is 29.5. The lowest BCUT2D eigenvalue weighted by molar-refractivity contribution is -0.283. The smallest absolute Gasteiger partial charge is 0.311 e. The van der Waals surface area contributed by atoms with E-state index in [2.05, 4.69) is 0 Å². The Kier molecular flexibility index (Phi) is 12.1. The molecule has 0 aromatic rings. The lowest BCUT2D eigenvalue weighted by atomic mass is 9.91. The molecule has 0 bridgehead atoms. The molecule has 0 unspecified atom stereocenters. The third-order valence-corrected chi connectivity index (χ3v) is 7.37. The first kappa shape index (κ1) is 38.2. The van der Waals surface area contributed by atoms with E-state index in [1.165, 1.54) is 6.08 Å². The molecule has 2 heterocycles. The van der Waals surface area contributed by atoms with Gasteiger partial charge in [-0.2, -0.15) is 0 Å². The standard InChI is InChI=1S/C34H55NO10/c1-14-15-20-18-21(36)16-17-35(20)26-25(45-30(40)34(11,12)13)24(44-29(39)33(8,9)10)23(43-28(38)32(5,6)7)22(42-26)19-41-27(37)31(2,3)4/h16-17,20,22-26H,14-15,18-19H2,1-13H3/t20-,22+,23-,24-,25+,26+/m0/s1. The Hall–Kier alpha value is -2.95. The van der Waals surface area contributed by atoms with Gasteiger partial charge >= 0.3 is 23.9 Å². The van der Waals surface area contributed by atoms with E-state index in [4.69, 9.17) is 23.7 Å². The van der Waals surface area contributed by atoms with Crippen LogP contribution in [0.1, 0.15) is 109 Å². The van der Waals surface area contributed by atoms with Crippen LogP contribution in [0, 0.1) is 21.7 Å². The van der Waals surface area contributed by atoms with Crippen molar-refractivity contribution < 1.29 is 47.7 Å². The summed E-state index contributed by atoms with van der Waals surface area (Å²) in [6.45, 7) is 21.9. The number of rotatable bonds is 8. The van der Waals surface area contributed by atoms with Crippen LogP contribution < -0.4 is 0 Å². The molecule has 0 aliphatic carbocycles. The second kappa shape index (κ2) is 14.2. The van der Waals surface area contributed by atoms with E-state index in [9.17, 15) is 24.0 Å². The van der Waals surface area contributed by atoms with Crippen LogP contribution in [-0.4, -0.2) is 77.9 Å². The number of carbonyl (C=O) groups is 5. The van der Waals surface area contributed by atoms with Gasteiger partial charge in [0.15, 0.2) is 30.3 Å². The first-order valence-electron chi connectivity index (χ1n) is 15.8. The van der Waals surface area contributed by atoms with Crippen molar-refractivity contribution in [2.24, 2.45) is 21.7 Å². The van der Waals surface area contributed by atoms with Crippen molar-refractivity contribution in [2.75, 3.05) is 6.61 Å². The number of hydrogen-bond donors (Lipinski definition) is 0. The van der Waals surface area contributed by atoms with Crippen LogP contribution in [0.25, 0.3) is 0 Å². The third kappa shape index (κ3) is 10.3. The fourth-order valence-electron chi connectivity index (χ4n) is 4.52. The molecule has 11 nitrogen and oxygen atoms in total. The summed E-state index contributed by atoms with van der Waals surface area (Å²) in [6, 6.07) is -0.321. The fraction of sp³-hybridized carbons (Fsp3) is 0.794. The highest BCUT2D eigenvalue weighted by molar-refractivity contribution is 5.90. The van der Waals surface area contributed by atoms with E-state index in [1.807, 2.05) is 6.92 Å². The monoisotopic (exact) mass is 637 g/mol. The summed E-state index contributed by atoms with van der Waals surface area (Å²) in [5, 5.41) is 0. The van der Waals surface area contributed by atoms with E-state index >= 15 is 0 Å². The molecular weight excluding hydrogens is 582 g/mol. The van der Waals surface area contributed by atoms with Crippen molar-refractivity contribution in [1.29, 1.82) is 0 Å². The molecule has 6 atom stereocenters. The van der Waals surface area contributed by atoms with Crippen molar-refractivity contribution in [3.8, 4) is 0 Å². The average molecular weight is 638 g/mol. The van der Waals surface area contributed by atoms with Crippen LogP contribution in [0.5, 0.6) is 0 Å². The van der Waals surface area contributed by atoms with Crippen molar-refractivity contribution in [3.05, 3.63) is 12.3 Å². The summed E-state index contributed by atoms with van der Waals surface area (Å²) in [4.78, 5) is 67.4. The summed E-state index contributed by atoms with van der Waals surface area (Å²) < 4.78 is 30.5. The predicted molar refractivity (Wildman–Crippen MR) is 166 cm³/mol. The Balaban J connectivity index is 2.80. The van der Waals surface area contributed by atoms with Gasteiger partial charge in [0, 0.05) is 18.7 Å². The van der Waals surface area contributed by atoms with Crippen LogP contribution >= 0.6 is 0 Å². The van der Waals surface area contributed by atoms with Crippen molar-refractivity contribution in [2.45, 2.75) is 146 Å². The predicted octanol–water partition coefficient (Wildman–Crippen LogP) is 5.13. The second-order valence-corrected chi connectivity index (χ2v) is 16.1. The summed E-state index contributed by atoms with van der Waals surface area (Å²) in [5.74, 6) is -2.42. The maximum Gasteiger partial charge on any atom is 0.311 e. The van der Waals surface area contributed by atoms with Gasteiger partial charge in [0.25, 0.3) is 0 Å². The molecule has 1 saturated heterocycles. The number of nitrogens with zero attached hydrogens (tertiary/aromatic N) is 1. The number of hydrogen-bond acceptors (Lipinski definition) is 11. The van der Waals surface area contributed by atoms with Gasteiger partial charge in [-0.3, -0.25) is 24.0 Å². The summed E-state index contributed by atoms with van der Waals surface area (Å²) >= 11 is 0. The van der Waals surface area contributed by atoms with Crippen LogP contribution in [0.15, 0.2) is 12.3 Å². The highest BCUT2D eigenvalue weighted by Gasteiger charge is 2.56. The minimum atomic E-state index is -1.35. The van der Waals surface area contributed by atoms with Crippen molar-refractivity contribution >= 4 is 29.7 Å². The molecule has 2 aliphatic rings. The van der Waals surface area contributed by atoms with Crippen molar-refractivity contribution in [1.82, 2.24) is 4.90 Å². The Bertz CT molecular complexity index is 1130. The van der Waals surface area contributed by atoms with E-state index < -0.39 is 76.2 Å². The SMILES string of the molecule is CCC[C@H]1CC(=O)C=CN1[C@@H]1O[C@H](COC(=O)C(C)(C)C)[C@H](OC(=O)C(C)(C)C)[C@H](OC(=O)C(C)(C)C)[C@H]1OC(=O)C(C)(C)C. The van der Waals surface area contributed by atoms with Crippen LogP contribution in [0.3, 0.4) is 0 Å². The molecule has 0 spiro atoms. The Morgan fingerprint density at radius 2 is 1.18 bits per heavy atom. The molecule has 0 radical (unpaired) electrons. The highest BCUT2D eigenvalue weighted by Crippen LogP contribution is 2.37. The molecule has 0 aromatic carbocycles. The molecule has 0 amide bonds. The molecule has 11 heteroatoms. The molecule has 1 fully saturated rings. The van der Waals surface area contributed by atoms with Crippen LogP contribution in [0.2, 0.25) is 0 Å². The summed E-state index contributed by atoms with van der Waals surface area (Å²) in [7, 11) is 0. The number of allylic oxidation sites excluding steroid dienone is 1. The maximum atomic E-state index is 13.5. The Morgan fingerprint density at radius 3 is 1.62 bits per heavy atom. The van der Waals surface area contributed by atoms with Gasteiger partial charge in [0.05, 0.1) is 21.7 Å². The zero-order chi connectivity index (χ0) is 34.7. The van der Waals surface area contributed by atoms with Gasteiger partial charge in [-0.15, -0.1) is 0 Å². The fourth-order valence-corrected chi connectivity index (χ4v) is 4.52. The van der Waals surface area contributed by atoms with Crippen molar-refractivity contribution in [3.63, 3.8) is 0 Å². The lowest BCUT2D eigenvalue weighted by Crippen LogP contribution is -2.67. The number of ketones is 1. The van der Waals surface area contributed by atoms with Gasteiger partial charge in [-0.05, 0) is 95.6 Å². The van der Waals surface area contributed by atoms with Crippen LogP contribution in [-0.2, 0) is 47.7 Å². The zero-order valence-electron chi connectivity index (χ0n) is 29.5. The largest absolute Gasteiger partial charge is 0.462 e. The third-order valence-electron chi connectivity index (χ3n) is 7.37. The molecule has 256 valence electrons. The minimum absolute atomic E-state index is 0.0629. The maximum absolute atomic E-state index is 13.5. The topological polar surface area (TPSA) is 135 Å².